The molecule has 1 aromatic carbocycles. The molecule has 0 aliphatic carbocycles. The molecule has 0 fully saturated rings. The van der Waals surface area contributed by atoms with E-state index >= 15 is 0 Å². The van der Waals surface area contributed by atoms with Gasteiger partial charge in [0, 0.05) is 21.5 Å². The van der Waals surface area contributed by atoms with Crippen LogP contribution in [0, 0.1) is 0 Å². The molecule has 0 heterocycles. The van der Waals surface area contributed by atoms with Crippen molar-refractivity contribution in [2.45, 2.75) is 19.4 Å². The van der Waals surface area contributed by atoms with Crippen LogP contribution in [0.3, 0.4) is 0 Å². The zero-order chi connectivity index (χ0) is 10.0. The van der Waals surface area contributed by atoms with Crippen LogP contribution in [0.1, 0.15) is 12.5 Å². The van der Waals surface area contributed by atoms with E-state index in [1.165, 1.54) is 0 Å². The molecular weight excluding hydrogens is 230 g/mol. The summed E-state index contributed by atoms with van der Waals surface area (Å²) < 4.78 is 0. The van der Waals surface area contributed by atoms with Gasteiger partial charge in [0.1, 0.15) is 0 Å². The number of halogens is 3. The van der Waals surface area contributed by atoms with Gasteiger partial charge in [0.15, 0.2) is 0 Å². The van der Waals surface area contributed by atoms with E-state index in [0.29, 0.717) is 21.5 Å². The van der Waals surface area contributed by atoms with Crippen LogP contribution in [0.5, 0.6) is 0 Å². The zero-order valence-electron chi connectivity index (χ0n) is 7.02. The molecule has 1 rings (SSSR count). The predicted molar refractivity (Wildman–Crippen MR) is 56.9 cm³/mol. The smallest absolute Gasteiger partial charge is 0.0553 e. The molecule has 0 aliphatic rings. The van der Waals surface area contributed by atoms with Gasteiger partial charge in [0.2, 0.25) is 0 Å². The molecule has 0 spiro atoms. The molecule has 1 aromatic rings. The van der Waals surface area contributed by atoms with Gasteiger partial charge in [-0.3, -0.25) is 0 Å². The van der Waals surface area contributed by atoms with Crippen LogP contribution < -0.4 is 0 Å². The van der Waals surface area contributed by atoms with E-state index in [1.807, 2.05) is 0 Å². The minimum Gasteiger partial charge on any atom is -0.393 e. The average molecular weight is 240 g/mol. The molecule has 0 aliphatic heterocycles. The van der Waals surface area contributed by atoms with Gasteiger partial charge < -0.3 is 5.11 Å². The lowest BCUT2D eigenvalue weighted by atomic mass is 10.1. The summed E-state index contributed by atoms with van der Waals surface area (Å²) in [6.45, 7) is 1.68. The van der Waals surface area contributed by atoms with Crippen molar-refractivity contribution in [3.8, 4) is 0 Å². The SMILES string of the molecule is CC(O)Cc1c(Cl)cc(Cl)cc1Cl. The van der Waals surface area contributed by atoms with Crippen molar-refractivity contribution in [3.63, 3.8) is 0 Å². The van der Waals surface area contributed by atoms with E-state index in [-0.39, 0.29) is 0 Å². The second-order valence-electron chi connectivity index (χ2n) is 2.90. The lowest BCUT2D eigenvalue weighted by Crippen LogP contribution is -2.05. The Morgan fingerprint density at radius 1 is 1.23 bits per heavy atom. The molecule has 1 nitrogen and oxygen atoms in total. The number of rotatable bonds is 2. The normalized spacial score (nSPS) is 13.0. The maximum atomic E-state index is 9.17. The van der Waals surface area contributed by atoms with Crippen LogP contribution in [0.25, 0.3) is 0 Å². The van der Waals surface area contributed by atoms with Gasteiger partial charge in [-0.2, -0.15) is 0 Å². The Bertz CT molecular complexity index is 287. The molecule has 0 amide bonds. The van der Waals surface area contributed by atoms with E-state index in [4.69, 9.17) is 34.8 Å². The third-order valence-electron chi connectivity index (χ3n) is 1.61. The topological polar surface area (TPSA) is 20.2 Å². The number of aliphatic hydroxyl groups is 1. The van der Waals surface area contributed by atoms with Gasteiger partial charge in [-0.1, -0.05) is 34.8 Å². The van der Waals surface area contributed by atoms with Crippen molar-refractivity contribution < 1.29 is 5.11 Å². The highest BCUT2D eigenvalue weighted by Crippen LogP contribution is 2.29. The zero-order valence-corrected chi connectivity index (χ0v) is 9.29. The first kappa shape index (κ1) is 11.1. The molecule has 0 saturated heterocycles. The first-order valence-electron chi connectivity index (χ1n) is 3.82. The lowest BCUT2D eigenvalue weighted by Gasteiger charge is -2.09. The van der Waals surface area contributed by atoms with Gasteiger partial charge in [-0.05, 0) is 24.6 Å². The predicted octanol–water partition coefficient (Wildman–Crippen LogP) is 3.57. The minimum absolute atomic E-state index is 0.439. The van der Waals surface area contributed by atoms with Crippen molar-refractivity contribution in [3.05, 3.63) is 32.8 Å². The summed E-state index contributed by atoms with van der Waals surface area (Å²) in [5.41, 5.74) is 0.739. The maximum absolute atomic E-state index is 9.17. The molecule has 0 saturated carbocycles. The molecule has 1 N–H and O–H groups in total. The van der Waals surface area contributed by atoms with E-state index in [0.717, 1.165) is 5.56 Å². The fraction of sp³-hybridized carbons (Fsp3) is 0.333. The van der Waals surface area contributed by atoms with Crippen molar-refractivity contribution in [2.75, 3.05) is 0 Å². The summed E-state index contributed by atoms with van der Waals surface area (Å²) in [6, 6.07) is 3.24. The van der Waals surface area contributed by atoms with Crippen molar-refractivity contribution >= 4 is 34.8 Å². The quantitative estimate of drug-likeness (QED) is 0.836. The number of aliphatic hydroxyl groups excluding tert-OH is 1. The van der Waals surface area contributed by atoms with Crippen LogP contribution in [0.15, 0.2) is 12.1 Å². The number of benzene rings is 1. The van der Waals surface area contributed by atoms with Crippen molar-refractivity contribution in [1.29, 1.82) is 0 Å². The summed E-state index contributed by atoms with van der Waals surface area (Å²) >= 11 is 17.5. The maximum Gasteiger partial charge on any atom is 0.0553 e. The molecule has 4 heteroatoms. The molecule has 0 bridgehead atoms. The molecular formula is C9H9Cl3O. The van der Waals surface area contributed by atoms with Gasteiger partial charge in [0.05, 0.1) is 6.10 Å². The highest BCUT2D eigenvalue weighted by Gasteiger charge is 2.09. The summed E-state index contributed by atoms with van der Waals surface area (Å²) in [4.78, 5) is 0. The summed E-state index contributed by atoms with van der Waals surface area (Å²) in [6.07, 6.45) is -0.0226. The molecule has 1 atom stereocenters. The Morgan fingerprint density at radius 3 is 2.08 bits per heavy atom. The van der Waals surface area contributed by atoms with Gasteiger partial charge in [-0.25, -0.2) is 0 Å². The van der Waals surface area contributed by atoms with E-state index in [9.17, 15) is 5.11 Å². The number of hydrogen-bond donors (Lipinski definition) is 1. The Labute approximate surface area is 92.2 Å². The first-order valence-corrected chi connectivity index (χ1v) is 4.95. The Balaban J connectivity index is 3.06. The summed E-state index contributed by atoms with van der Waals surface area (Å²) in [5, 5.41) is 10.7. The van der Waals surface area contributed by atoms with Crippen molar-refractivity contribution in [2.24, 2.45) is 0 Å². The Hall–Kier alpha value is 0.0500. The van der Waals surface area contributed by atoms with Gasteiger partial charge >= 0.3 is 0 Å². The van der Waals surface area contributed by atoms with Crippen LogP contribution in [0.4, 0.5) is 0 Å². The molecule has 13 heavy (non-hydrogen) atoms. The highest BCUT2D eigenvalue weighted by atomic mass is 35.5. The van der Waals surface area contributed by atoms with E-state index < -0.39 is 6.10 Å². The van der Waals surface area contributed by atoms with Crippen LogP contribution in [-0.4, -0.2) is 11.2 Å². The molecule has 72 valence electrons. The Kier molecular flexibility index (Phi) is 3.87. The summed E-state index contributed by atoms with van der Waals surface area (Å²) in [5.74, 6) is 0. The van der Waals surface area contributed by atoms with Crippen LogP contribution in [0.2, 0.25) is 15.1 Å². The van der Waals surface area contributed by atoms with Crippen LogP contribution in [-0.2, 0) is 6.42 Å². The fourth-order valence-electron chi connectivity index (χ4n) is 1.06. The van der Waals surface area contributed by atoms with Crippen molar-refractivity contribution in [1.82, 2.24) is 0 Å². The largest absolute Gasteiger partial charge is 0.393 e. The average Bonchev–Trinajstić information content (AvgIpc) is 1.96. The van der Waals surface area contributed by atoms with E-state index in [2.05, 4.69) is 0 Å². The summed E-state index contributed by atoms with van der Waals surface area (Å²) in [7, 11) is 0. The third kappa shape index (κ3) is 3.03. The monoisotopic (exact) mass is 238 g/mol. The molecule has 0 aromatic heterocycles. The molecule has 1 unspecified atom stereocenters. The van der Waals surface area contributed by atoms with Crippen LogP contribution >= 0.6 is 34.8 Å². The molecule has 0 radical (unpaired) electrons. The third-order valence-corrected chi connectivity index (χ3v) is 2.50. The lowest BCUT2D eigenvalue weighted by molar-refractivity contribution is 0.195. The first-order chi connectivity index (χ1) is 6.00. The van der Waals surface area contributed by atoms with Gasteiger partial charge in [0.25, 0.3) is 0 Å². The van der Waals surface area contributed by atoms with E-state index in [1.54, 1.807) is 19.1 Å². The Morgan fingerprint density at radius 2 is 1.69 bits per heavy atom. The van der Waals surface area contributed by atoms with Gasteiger partial charge in [-0.15, -0.1) is 0 Å². The second-order valence-corrected chi connectivity index (χ2v) is 4.15. The highest BCUT2D eigenvalue weighted by molar-refractivity contribution is 6.39. The standard InChI is InChI=1S/C9H9Cl3O/c1-5(13)2-7-8(11)3-6(10)4-9(7)12/h3-5,13H,2H2,1H3. The number of hydrogen-bond acceptors (Lipinski definition) is 1. The minimum atomic E-state index is -0.462. The second kappa shape index (κ2) is 4.52. The fourth-order valence-corrected chi connectivity index (χ4v) is 2.03.